The molecule has 0 aliphatic rings. The van der Waals surface area contributed by atoms with Crippen LogP contribution in [-0.4, -0.2) is 38.7 Å². The number of unbranched alkanes of at least 4 members (excludes halogenated alkanes) is 2. The van der Waals surface area contributed by atoms with E-state index in [0.717, 1.165) is 50.3 Å². The number of benzene rings is 1. The van der Waals surface area contributed by atoms with Gasteiger partial charge in [0.1, 0.15) is 5.82 Å². The molecule has 0 saturated carbocycles. The zero-order chi connectivity index (χ0) is 17.6. The van der Waals surface area contributed by atoms with E-state index in [2.05, 4.69) is 20.4 Å². The fourth-order valence-corrected chi connectivity index (χ4v) is 2.17. The van der Waals surface area contributed by atoms with Crippen molar-refractivity contribution in [3.8, 4) is 0 Å². The van der Waals surface area contributed by atoms with E-state index in [1.807, 2.05) is 6.92 Å². The highest BCUT2D eigenvalue weighted by molar-refractivity contribution is 14.0. The molecule has 1 rings (SSSR count). The number of halogens is 2. The third-order valence-corrected chi connectivity index (χ3v) is 3.50. The van der Waals surface area contributed by atoms with E-state index in [4.69, 9.17) is 0 Å². The highest BCUT2D eigenvalue weighted by atomic mass is 127. The van der Waals surface area contributed by atoms with Gasteiger partial charge in [-0.05, 0) is 43.9 Å². The van der Waals surface area contributed by atoms with Gasteiger partial charge in [0, 0.05) is 26.1 Å². The molecule has 0 heterocycles. The summed E-state index contributed by atoms with van der Waals surface area (Å²) in [7, 11) is 1.41. The second-order valence-electron chi connectivity index (χ2n) is 5.45. The first kappa shape index (κ1) is 23.6. The number of esters is 1. The van der Waals surface area contributed by atoms with Crippen LogP contribution in [0.2, 0.25) is 0 Å². The number of aliphatic imine (C=N–C) groups is 1. The van der Waals surface area contributed by atoms with Gasteiger partial charge in [-0.15, -0.1) is 24.0 Å². The zero-order valence-electron chi connectivity index (χ0n) is 15.0. The van der Waals surface area contributed by atoms with Crippen molar-refractivity contribution in [3.63, 3.8) is 0 Å². The van der Waals surface area contributed by atoms with Crippen molar-refractivity contribution >= 4 is 35.9 Å². The first-order valence-corrected chi connectivity index (χ1v) is 8.49. The van der Waals surface area contributed by atoms with E-state index >= 15 is 0 Å². The molecule has 0 atom stereocenters. The van der Waals surface area contributed by atoms with Crippen molar-refractivity contribution < 1.29 is 13.9 Å². The predicted molar refractivity (Wildman–Crippen MR) is 110 cm³/mol. The molecule has 25 heavy (non-hydrogen) atoms. The predicted octanol–water partition coefficient (Wildman–Crippen LogP) is 3.27. The topological polar surface area (TPSA) is 62.7 Å². The number of nitrogens with zero attached hydrogens (tertiary/aromatic N) is 1. The Morgan fingerprint density at radius 1 is 1.16 bits per heavy atom. The van der Waals surface area contributed by atoms with Crippen LogP contribution >= 0.6 is 24.0 Å². The Kier molecular flexibility index (Phi) is 14.1. The molecule has 0 saturated heterocycles. The summed E-state index contributed by atoms with van der Waals surface area (Å²) in [5.74, 6) is 0.413. The van der Waals surface area contributed by atoms with Gasteiger partial charge < -0.3 is 15.4 Å². The lowest BCUT2D eigenvalue weighted by molar-refractivity contribution is -0.140. The number of hydrogen-bond acceptors (Lipinski definition) is 3. The molecule has 2 N–H and O–H groups in total. The molecular weight excluding hydrogens is 436 g/mol. The molecule has 0 aromatic heterocycles. The van der Waals surface area contributed by atoms with Crippen LogP contribution in [-0.2, 0) is 16.0 Å². The standard InChI is InChI=1S/C18H28FN3O2.HI/c1-3-20-18(21-13-6-4-5-7-17(23)24-2)22-14-12-15-8-10-16(19)11-9-15;/h8-11H,3-7,12-14H2,1-2H3,(H2,20,21,22);1H. The van der Waals surface area contributed by atoms with E-state index in [0.29, 0.717) is 13.0 Å². The minimum atomic E-state index is -0.214. The van der Waals surface area contributed by atoms with Crippen molar-refractivity contribution in [2.45, 2.75) is 39.0 Å². The summed E-state index contributed by atoms with van der Waals surface area (Å²) in [5.41, 5.74) is 1.09. The highest BCUT2D eigenvalue weighted by Crippen LogP contribution is 2.03. The molecular formula is C18H29FIN3O2. The van der Waals surface area contributed by atoms with Crippen LogP contribution < -0.4 is 10.6 Å². The van der Waals surface area contributed by atoms with E-state index in [1.165, 1.54) is 19.2 Å². The van der Waals surface area contributed by atoms with E-state index in [9.17, 15) is 9.18 Å². The summed E-state index contributed by atoms with van der Waals surface area (Å²) >= 11 is 0. The maximum Gasteiger partial charge on any atom is 0.305 e. The van der Waals surface area contributed by atoms with Crippen LogP contribution in [0.1, 0.15) is 38.2 Å². The number of rotatable bonds is 10. The van der Waals surface area contributed by atoms with Gasteiger partial charge in [0.15, 0.2) is 5.96 Å². The molecule has 7 heteroatoms. The molecule has 1 aromatic carbocycles. The number of ether oxygens (including phenoxy) is 1. The largest absolute Gasteiger partial charge is 0.469 e. The maximum absolute atomic E-state index is 12.9. The Bertz CT molecular complexity index is 510. The van der Waals surface area contributed by atoms with Crippen LogP contribution in [0.5, 0.6) is 0 Å². The number of guanidine groups is 1. The SMILES string of the molecule is CCNC(=NCCCCCC(=O)OC)NCCc1ccc(F)cc1.I. The van der Waals surface area contributed by atoms with Gasteiger partial charge in [-0.25, -0.2) is 4.39 Å². The van der Waals surface area contributed by atoms with Crippen LogP contribution in [0, 0.1) is 5.82 Å². The number of methoxy groups -OCH3 is 1. The molecule has 0 unspecified atom stereocenters. The quantitative estimate of drug-likeness (QED) is 0.183. The third-order valence-electron chi connectivity index (χ3n) is 3.50. The molecule has 5 nitrogen and oxygen atoms in total. The summed E-state index contributed by atoms with van der Waals surface area (Å²) in [4.78, 5) is 15.5. The van der Waals surface area contributed by atoms with Gasteiger partial charge in [0.05, 0.1) is 7.11 Å². The lowest BCUT2D eigenvalue weighted by Crippen LogP contribution is -2.38. The molecule has 1 aromatic rings. The minimum Gasteiger partial charge on any atom is -0.469 e. The summed E-state index contributed by atoms with van der Waals surface area (Å²) in [6.45, 7) is 4.27. The average Bonchev–Trinajstić information content (AvgIpc) is 2.59. The molecule has 0 bridgehead atoms. The number of carbonyl (C=O) groups is 1. The van der Waals surface area contributed by atoms with Gasteiger partial charge in [0.25, 0.3) is 0 Å². The first-order chi connectivity index (χ1) is 11.7. The monoisotopic (exact) mass is 465 g/mol. The van der Waals surface area contributed by atoms with Crippen molar-refractivity contribution in [3.05, 3.63) is 35.6 Å². The molecule has 0 spiro atoms. The maximum atomic E-state index is 12.9. The van der Waals surface area contributed by atoms with Crippen LogP contribution in [0.3, 0.4) is 0 Å². The lowest BCUT2D eigenvalue weighted by atomic mass is 10.1. The Morgan fingerprint density at radius 2 is 1.88 bits per heavy atom. The third kappa shape index (κ3) is 11.7. The van der Waals surface area contributed by atoms with Gasteiger partial charge >= 0.3 is 5.97 Å². The van der Waals surface area contributed by atoms with Crippen LogP contribution in [0.4, 0.5) is 4.39 Å². The molecule has 142 valence electrons. The molecule has 0 aliphatic carbocycles. The Morgan fingerprint density at radius 3 is 2.52 bits per heavy atom. The highest BCUT2D eigenvalue weighted by Gasteiger charge is 2.00. The fraction of sp³-hybridized carbons (Fsp3) is 0.556. The molecule has 0 radical (unpaired) electrons. The van der Waals surface area contributed by atoms with Crippen LogP contribution in [0.15, 0.2) is 29.3 Å². The van der Waals surface area contributed by atoms with E-state index < -0.39 is 0 Å². The van der Waals surface area contributed by atoms with Gasteiger partial charge in [0.2, 0.25) is 0 Å². The van der Waals surface area contributed by atoms with Crippen molar-refractivity contribution in [2.24, 2.45) is 4.99 Å². The molecule has 0 fully saturated rings. The van der Waals surface area contributed by atoms with Crippen molar-refractivity contribution in [2.75, 3.05) is 26.7 Å². The Hall–Kier alpha value is -1.38. The van der Waals surface area contributed by atoms with Crippen LogP contribution in [0.25, 0.3) is 0 Å². The van der Waals surface area contributed by atoms with Gasteiger partial charge in [-0.3, -0.25) is 9.79 Å². The second-order valence-corrected chi connectivity index (χ2v) is 5.45. The zero-order valence-corrected chi connectivity index (χ0v) is 17.3. The summed E-state index contributed by atoms with van der Waals surface area (Å²) < 4.78 is 17.5. The fourth-order valence-electron chi connectivity index (χ4n) is 2.17. The van der Waals surface area contributed by atoms with E-state index in [1.54, 1.807) is 12.1 Å². The second kappa shape index (κ2) is 14.9. The Labute approximate surface area is 166 Å². The summed E-state index contributed by atoms with van der Waals surface area (Å²) in [6.07, 6.45) is 4.00. The van der Waals surface area contributed by atoms with Gasteiger partial charge in [-0.2, -0.15) is 0 Å². The summed E-state index contributed by atoms with van der Waals surface area (Å²) in [5, 5.41) is 6.47. The first-order valence-electron chi connectivity index (χ1n) is 8.49. The smallest absolute Gasteiger partial charge is 0.305 e. The number of hydrogen-bond donors (Lipinski definition) is 2. The van der Waals surface area contributed by atoms with Gasteiger partial charge in [-0.1, -0.05) is 18.6 Å². The normalized spacial score (nSPS) is 10.8. The number of carbonyl (C=O) groups excluding carboxylic acids is 1. The van der Waals surface area contributed by atoms with Crippen molar-refractivity contribution in [1.82, 2.24) is 10.6 Å². The minimum absolute atomic E-state index is 0. The number of nitrogens with one attached hydrogen (secondary N) is 2. The lowest BCUT2D eigenvalue weighted by Gasteiger charge is -2.11. The Balaban J connectivity index is 0.00000576. The summed E-state index contributed by atoms with van der Waals surface area (Å²) in [6, 6.07) is 6.54. The molecule has 0 aliphatic heterocycles. The average molecular weight is 465 g/mol. The van der Waals surface area contributed by atoms with E-state index in [-0.39, 0.29) is 35.8 Å². The van der Waals surface area contributed by atoms with Crippen molar-refractivity contribution in [1.29, 1.82) is 0 Å². The molecule has 0 amide bonds.